The van der Waals surface area contributed by atoms with Gasteiger partial charge in [-0.1, -0.05) is 36.4 Å². The average Bonchev–Trinajstić information content (AvgIpc) is 3.20. The fraction of sp³-hybridized carbons (Fsp3) is 0. The molecule has 0 unspecified atom stereocenters. The van der Waals surface area contributed by atoms with E-state index in [2.05, 4.69) is 46.0 Å². The number of nitrogens with one attached hydrogen (secondary N) is 2. The van der Waals surface area contributed by atoms with E-state index in [1.807, 2.05) is 0 Å². The number of phenolic OH excluding ortho intramolecular Hbond substituents is 1. The van der Waals surface area contributed by atoms with Crippen LogP contribution in [0.4, 0.5) is 51.7 Å². The minimum Gasteiger partial charge on any atom is -0.505 e. The second-order valence-electron chi connectivity index (χ2n) is 13.5. The number of azo groups is 2. The van der Waals surface area contributed by atoms with Gasteiger partial charge >= 0.3 is 0 Å². The van der Waals surface area contributed by atoms with Crippen molar-refractivity contribution in [3.8, 4) is 5.75 Å². The summed E-state index contributed by atoms with van der Waals surface area (Å²) < 4.78 is 167. The Bertz CT molecular complexity index is 3580. The molecule has 6 aromatic carbocycles. The number of aromatic hydroxyl groups is 1. The summed E-state index contributed by atoms with van der Waals surface area (Å²) in [4.78, 5) is 7.40. The van der Waals surface area contributed by atoms with Crippen molar-refractivity contribution in [2.24, 2.45) is 20.5 Å². The number of hydrogen-bond acceptors (Lipinski definition) is 23. The third kappa shape index (κ3) is 10.5. The summed E-state index contributed by atoms with van der Waals surface area (Å²) in [5, 5.41) is 29.9. The maximum Gasteiger partial charge on any atom is 0.297 e. The summed E-state index contributed by atoms with van der Waals surface area (Å²) in [5.41, 5.74) is 2.63. The van der Waals surface area contributed by atoms with E-state index >= 15 is 0 Å². The van der Waals surface area contributed by atoms with E-state index in [0.717, 1.165) is 42.5 Å². The molecule has 26 nitrogen and oxygen atoms in total. The second-order valence-corrected chi connectivity index (χ2v) is 20.9. The fourth-order valence-corrected chi connectivity index (χ4v) is 10.0. The number of benzene rings is 6. The van der Waals surface area contributed by atoms with Gasteiger partial charge in [-0.2, -0.15) is 40.2 Å². The van der Waals surface area contributed by atoms with Crippen molar-refractivity contribution < 1.29 is 71.3 Å². The first-order valence-corrected chi connectivity index (χ1v) is 25.4. The van der Waals surface area contributed by atoms with Crippen LogP contribution >= 0.6 is 33.3 Å². The molecule has 7 rings (SSSR count). The molecule has 0 bridgehead atoms. The van der Waals surface area contributed by atoms with E-state index in [0.29, 0.717) is 17.8 Å². The molecule has 0 aliphatic rings. The summed E-state index contributed by atoms with van der Waals surface area (Å²) in [5.74, 6) is -1.41. The molecule has 0 spiro atoms. The van der Waals surface area contributed by atoms with Crippen LogP contribution in [0.25, 0.3) is 21.5 Å². The molecular formula is C35H29ClN10O16S5. The van der Waals surface area contributed by atoms with Gasteiger partial charge in [0.05, 0.1) is 20.9 Å². The van der Waals surface area contributed by atoms with E-state index in [4.69, 9.17) is 17.3 Å². The predicted molar refractivity (Wildman–Crippen MR) is 244 cm³/mol. The zero-order chi connectivity index (χ0) is 49.0. The lowest BCUT2D eigenvalue weighted by molar-refractivity contribution is 0.373. The molecule has 1 aromatic heterocycles. The Morgan fingerprint density at radius 1 is 0.522 bits per heavy atom. The van der Waals surface area contributed by atoms with Gasteiger partial charge in [0.1, 0.15) is 59.2 Å². The zero-order valence-corrected chi connectivity index (χ0v) is 37.5. The first kappa shape index (κ1) is 48.7. The number of fused-ring (bicyclic) bond motifs is 2. The van der Waals surface area contributed by atoms with Gasteiger partial charge in [-0.15, -0.1) is 20.5 Å². The molecular weight excluding hydrogens is 1010 g/mol. The molecule has 0 saturated carbocycles. The Morgan fingerprint density at radius 3 is 1.70 bits per heavy atom. The second kappa shape index (κ2) is 17.8. The Labute approximate surface area is 384 Å². The highest BCUT2D eigenvalue weighted by atomic mass is 35.5. The first-order chi connectivity index (χ1) is 31.1. The van der Waals surface area contributed by atoms with Crippen molar-refractivity contribution in [2.75, 3.05) is 16.4 Å². The number of nitrogens with zero attached hydrogens (tertiary/aromatic N) is 7. The molecule has 0 aliphatic carbocycles. The van der Waals surface area contributed by atoms with Gasteiger partial charge in [0.25, 0.3) is 30.4 Å². The smallest absolute Gasteiger partial charge is 0.297 e. The summed E-state index contributed by atoms with van der Waals surface area (Å²) in [6.45, 7) is 0. The minimum atomic E-state index is -5.40. The largest absolute Gasteiger partial charge is 0.505 e. The average molecular weight is 1040 g/mol. The molecule has 32 heteroatoms. The summed E-state index contributed by atoms with van der Waals surface area (Å²) in [6, 6.07) is 17.9. The Kier molecular flexibility index (Phi) is 12.9. The van der Waals surface area contributed by atoms with Crippen molar-refractivity contribution in [2.45, 2.75) is 24.5 Å². The molecule has 0 amide bonds. The molecule has 0 atom stereocenters. The highest BCUT2D eigenvalue weighted by Crippen LogP contribution is 2.57. The Hall–Kier alpha value is -6.27. The number of nitrogen functional groups attached to an aromatic ring is 1. The predicted octanol–water partition coefficient (Wildman–Crippen LogP) is 9.34. The van der Waals surface area contributed by atoms with Gasteiger partial charge in [0, 0.05) is 22.1 Å². The van der Waals surface area contributed by atoms with Crippen molar-refractivity contribution in [3.05, 3.63) is 96.3 Å². The molecule has 7 aromatic rings. The van der Waals surface area contributed by atoms with E-state index in [1.54, 1.807) is 30.3 Å². The lowest BCUT2D eigenvalue weighted by Crippen LogP contribution is -2.04. The van der Waals surface area contributed by atoms with Crippen molar-refractivity contribution in [1.82, 2.24) is 15.0 Å². The number of rotatable bonds is 13. The molecule has 0 fully saturated rings. The van der Waals surface area contributed by atoms with Crippen LogP contribution in [0.15, 0.2) is 136 Å². The number of aromatic nitrogens is 3. The standard InChI is InChI=1S/C35H29ClN10O16S5/c36-33-40-34(38-17-5-2-1-3-6-17)42-35(41-33)39-18-9-12-24(64(51,52)53)22(15-18)44-45-29-25(65(54,55)56)13-16-14-26(66(57,58)59)30(31(47)27(16)28(29)37)46-43-21-11-10-19-20(32(21)67(60,61)62)7-4-8-23(19)63(48,49)50/h1-15,47,51-53,57-59H,37H2,(H,48,49,50)(H,54,55,56)(H,60,61,62)(H2,38,39,40,41,42). The first-order valence-electron chi connectivity index (χ1n) is 17.7. The molecule has 0 aliphatic heterocycles. The lowest BCUT2D eigenvalue weighted by Gasteiger charge is -2.23. The highest BCUT2D eigenvalue weighted by molar-refractivity contribution is 8.19. The van der Waals surface area contributed by atoms with E-state index in [-0.39, 0.29) is 22.9 Å². The van der Waals surface area contributed by atoms with Crippen LogP contribution in [0.1, 0.15) is 0 Å². The van der Waals surface area contributed by atoms with Gasteiger partial charge in [0.2, 0.25) is 17.2 Å². The molecule has 67 heavy (non-hydrogen) atoms. The van der Waals surface area contributed by atoms with Crippen LogP contribution in [-0.4, -0.2) is 86.3 Å². The fourth-order valence-electron chi connectivity index (χ4n) is 6.34. The van der Waals surface area contributed by atoms with Gasteiger partial charge in [-0.25, -0.2) is 0 Å². The van der Waals surface area contributed by atoms with E-state index in [9.17, 15) is 71.3 Å². The minimum absolute atomic E-state index is 0.00300. The SMILES string of the molecule is Nc1c(N=Nc2cc(Nc3nc(Cl)nc(Nc4ccccc4)n3)ccc2S(O)(O)O)c(S(=O)(=O)O)cc2cc(S(O)(O)O)c(N=Nc3ccc4c(S(=O)(=O)O)cccc4c3S(=O)(=O)O)c(O)c12. The van der Waals surface area contributed by atoms with Crippen molar-refractivity contribution >= 4 is 137 Å². The van der Waals surface area contributed by atoms with E-state index < -0.39 is 132 Å². The molecule has 14 N–H and O–H groups in total. The summed E-state index contributed by atoms with van der Waals surface area (Å²) >= 11 is 6.11. The normalized spacial score (nSPS) is 13.5. The van der Waals surface area contributed by atoms with Gasteiger partial charge in [0.15, 0.2) is 5.75 Å². The van der Waals surface area contributed by atoms with Gasteiger partial charge in [-0.05, 0) is 71.6 Å². The topological polar surface area (TPSA) is 443 Å². The third-order valence-electron chi connectivity index (χ3n) is 9.04. The summed E-state index contributed by atoms with van der Waals surface area (Å²) in [7, 11) is -25.3. The van der Waals surface area contributed by atoms with Crippen LogP contribution in [-0.2, 0) is 30.4 Å². The van der Waals surface area contributed by atoms with Crippen LogP contribution in [0.2, 0.25) is 5.28 Å². The van der Waals surface area contributed by atoms with E-state index in [1.165, 1.54) is 6.07 Å². The number of nitrogens with two attached hydrogens (primary N) is 1. The summed E-state index contributed by atoms with van der Waals surface area (Å²) in [6.07, 6.45) is 0. The molecule has 1 heterocycles. The monoisotopic (exact) mass is 1040 g/mol. The maximum atomic E-state index is 12.8. The zero-order valence-electron chi connectivity index (χ0n) is 32.7. The number of anilines is 5. The quantitative estimate of drug-likeness (QED) is 0.0290. The molecule has 352 valence electrons. The Morgan fingerprint density at radius 2 is 1.10 bits per heavy atom. The van der Waals surface area contributed by atoms with Gasteiger partial charge < -0.3 is 48.8 Å². The highest BCUT2D eigenvalue weighted by Gasteiger charge is 2.31. The van der Waals surface area contributed by atoms with Crippen LogP contribution < -0.4 is 16.4 Å². The number of phenols is 1. The van der Waals surface area contributed by atoms with Crippen LogP contribution in [0.5, 0.6) is 5.75 Å². The van der Waals surface area contributed by atoms with Crippen LogP contribution in [0.3, 0.4) is 0 Å². The molecule has 0 radical (unpaired) electrons. The van der Waals surface area contributed by atoms with Crippen LogP contribution in [0, 0.1) is 0 Å². The third-order valence-corrected chi connectivity index (χ3v) is 13.8. The van der Waals surface area contributed by atoms with Crippen molar-refractivity contribution in [1.29, 1.82) is 0 Å². The van der Waals surface area contributed by atoms with Crippen molar-refractivity contribution in [3.63, 3.8) is 0 Å². The number of hydrogen-bond donors (Lipinski definition) is 13. The Balaban J connectivity index is 1.37. The number of halogens is 1. The van der Waals surface area contributed by atoms with Gasteiger partial charge in [-0.3, -0.25) is 13.7 Å². The molecule has 0 saturated heterocycles. The lowest BCUT2D eigenvalue weighted by atomic mass is 10.1. The maximum absolute atomic E-state index is 12.8. The number of para-hydroxylation sites is 1.